The van der Waals surface area contributed by atoms with Crippen molar-refractivity contribution in [1.29, 1.82) is 0 Å². The number of rotatable bonds is 6. The maximum atomic E-state index is 12.0. The Morgan fingerprint density at radius 1 is 1.29 bits per heavy atom. The predicted octanol–water partition coefficient (Wildman–Crippen LogP) is 3.31. The quantitative estimate of drug-likeness (QED) is 0.722. The maximum absolute atomic E-state index is 12.0. The molecule has 0 spiro atoms. The van der Waals surface area contributed by atoms with Crippen molar-refractivity contribution in [2.24, 2.45) is 0 Å². The van der Waals surface area contributed by atoms with Crippen LogP contribution < -0.4 is 10.6 Å². The second-order valence-corrected chi connectivity index (χ2v) is 6.43. The lowest BCUT2D eigenvalue weighted by atomic mass is 10.2. The Morgan fingerprint density at radius 2 is 2.12 bits per heavy atom. The molecule has 1 atom stereocenters. The van der Waals surface area contributed by atoms with E-state index < -0.39 is 0 Å². The summed E-state index contributed by atoms with van der Waals surface area (Å²) >= 11 is 1.60. The van der Waals surface area contributed by atoms with Gasteiger partial charge in [0.2, 0.25) is 0 Å². The fourth-order valence-electron chi connectivity index (χ4n) is 2.26. The first-order valence-electron chi connectivity index (χ1n) is 7.71. The first kappa shape index (κ1) is 16.2. The monoisotopic (exact) mass is 341 g/mol. The predicted molar refractivity (Wildman–Crippen MR) is 95.3 cm³/mol. The molecule has 7 heteroatoms. The number of nitrogens with zero attached hydrogens (tertiary/aromatic N) is 3. The number of nitrogens with one attached hydrogen (secondary N) is 2. The van der Waals surface area contributed by atoms with Gasteiger partial charge in [0.15, 0.2) is 0 Å². The van der Waals surface area contributed by atoms with Crippen LogP contribution in [0.3, 0.4) is 0 Å². The van der Waals surface area contributed by atoms with Crippen molar-refractivity contribution >= 4 is 23.1 Å². The van der Waals surface area contributed by atoms with Gasteiger partial charge in [0.05, 0.1) is 11.6 Å². The standard InChI is InChI=1S/C17H19N5OS/c1-13(16-18-8-10-24-16)11-19-17(23)21-15-5-3-14(4-6-15)12-22-9-2-7-20-22/h2-10,13H,11-12H2,1H3,(H2,19,21,23). The van der Waals surface area contributed by atoms with Crippen LogP contribution in [0.4, 0.5) is 10.5 Å². The molecule has 6 nitrogen and oxygen atoms in total. The van der Waals surface area contributed by atoms with Crippen LogP contribution in [0.1, 0.15) is 23.4 Å². The summed E-state index contributed by atoms with van der Waals surface area (Å²) in [6.45, 7) is 3.31. The summed E-state index contributed by atoms with van der Waals surface area (Å²) in [5.74, 6) is 0.201. The van der Waals surface area contributed by atoms with E-state index in [1.807, 2.05) is 53.5 Å². The number of hydrogen-bond acceptors (Lipinski definition) is 4. The van der Waals surface area contributed by atoms with Crippen molar-refractivity contribution in [2.45, 2.75) is 19.4 Å². The number of carbonyl (C=O) groups is 1. The minimum absolute atomic E-state index is 0.201. The number of urea groups is 1. The SMILES string of the molecule is CC(CNC(=O)Nc1ccc(Cn2cccn2)cc1)c1nccs1. The topological polar surface area (TPSA) is 71.8 Å². The highest BCUT2D eigenvalue weighted by atomic mass is 32.1. The Labute approximate surface area is 144 Å². The largest absolute Gasteiger partial charge is 0.337 e. The van der Waals surface area contributed by atoms with Crippen LogP contribution in [-0.2, 0) is 6.54 Å². The molecule has 1 aromatic carbocycles. The summed E-state index contributed by atoms with van der Waals surface area (Å²) < 4.78 is 1.86. The summed E-state index contributed by atoms with van der Waals surface area (Å²) in [6, 6.07) is 9.43. The Morgan fingerprint density at radius 3 is 2.79 bits per heavy atom. The molecule has 2 heterocycles. The van der Waals surface area contributed by atoms with E-state index in [4.69, 9.17) is 0 Å². The van der Waals surface area contributed by atoms with E-state index in [9.17, 15) is 4.79 Å². The van der Waals surface area contributed by atoms with Gasteiger partial charge in [-0.3, -0.25) is 4.68 Å². The molecule has 0 saturated heterocycles. The van der Waals surface area contributed by atoms with Crippen LogP contribution in [0, 0.1) is 0 Å². The summed E-state index contributed by atoms with van der Waals surface area (Å²) in [6.07, 6.45) is 5.46. The molecule has 3 rings (SSSR count). The molecule has 0 bridgehead atoms. The maximum Gasteiger partial charge on any atom is 0.319 e. The van der Waals surface area contributed by atoms with Gasteiger partial charge < -0.3 is 10.6 Å². The van der Waals surface area contributed by atoms with Crippen molar-refractivity contribution < 1.29 is 4.79 Å². The number of thiazole rings is 1. The van der Waals surface area contributed by atoms with Crippen molar-refractivity contribution in [3.63, 3.8) is 0 Å². The summed E-state index contributed by atoms with van der Waals surface area (Å²) in [5.41, 5.74) is 1.89. The van der Waals surface area contributed by atoms with Crippen molar-refractivity contribution in [2.75, 3.05) is 11.9 Å². The highest BCUT2D eigenvalue weighted by Gasteiger charge is 2.10. The molecule has 2 N–H and O–H groups in total. The zero-order valence-electron chi connectivity index (χ0n) is 13.3. The van der Waals surface area contributed by atoms with Gasteiger partial charge in [-0.1, -0.05) is 19.1 Å². The molecule has 0 aliphatic heterocycles. The molecular weight excluding hydrogens is 322 g/mol. The molecule has 2 amide bonds. The average molecular weight is 341 g/mol. The molecule has 1 unspecified atom stereocenters. The van der Waals surface area contributed by atoms with E-state index in [0.29, 0.717) is 13.1 Å². The summed E-state index contributed by atoms with van der Waals surface area (Å²) in [4.78, 5) is 16.2. The van der Waals surface area contributed by atoms with Crippen LogP contribution in [-0.4, -0.2) is 27.3 Å². The first-order chi connectivity index (χ1) is 11.7. The van der Waals surface area contributed by atoms with E-state index in [1.54, 1.807) is 23.7 Å². The molecule has 0 aliphatic carbocycles. The third-order valence-electron chi connectivity index (χ3n) is 3.56. The third kappa shape index (κ3) is 4.42. The fourth-order valence-corrected chi connectivity index (χ4v) is 2.96. The number of carbonyl (C=O) groups excluding carboxylic acids is 1. The van der Waals surface area contributed by atoms with E-state index in [2.05, 4.69) is 20.7 Å². The molecule has 24 heavy (non-hydrogen) atoms. The number of hydrogen-bond donors (Lipinski definition) is 2. The van der Waals surface area contributed by atoms with Gasteiger partial charge in [0.1, 0.15) is 0 Å². The van der Waals surface area contributed by atoms with Gasteiger partial charge in [0, 0.05) is 42.1 Å². The second kappa shape index (κ2) is 7.74. The molecular formula is C17H19N5OS. The number of amides is 2. The second-order valence-electron chi connectivity index (χ2n) is 5.51. The van der Waals surface area contributed by atoms with Crippen molar-refractivity contribution in [3.8, 4) is 0 Å². The van der Waals surface area contributed by atoms with Crippen LogP contribution in [0.15, 0.2) is 54.3 Å². The van der Waals surface area contributed by atoms with Gasteiger partial charge in [0.25, 0.3) is 0 Å². The van der Waals surface area contributed by atoms with Gasteiger partial charge in [-0.25, -0.2) is 9.78 Å². The number of benzene rings is 1. The zero-order chi connectivity index (χ0) is 16.8. The minimum Gasteiger partial charge on any atom is -0.337 e. The molecule has 0 aliphatic rings. The van der Waals surface area contributed by atoms with Gasteiger partial charge in [-0.05, 0) is 23.8 Å². The van der Waals surface area contributed by atoms with E-state index >= 15 is 0 Å². The molecule has 0 saturated carbocycles. The molecule has 0 radical (unpaired) electrons. The smallest absolute Gasteiger partial charge is 0.319 e. The first-order valence-corrected chi connectivity index (χ1v) is 8.59. The van der Waals surface area contributed by atoms with Crippen molar-refractivity contribution in [3.05, 3.63) is 64.9 Å². The fraction of sp³-hybridized carbons (Fsp3) is 0.235. The molecule has 124 valence electrons. The van der Waals surface area contributed by atoms with E-state index in [-0.39, 0.29) is 11.9 Å². The molecule has 3 aromatic rings. The summed E-state index contributed by atoms with van der Waals surface area (Å²) in [5, 5.41) is 12.9. The lowest BCUT2D eigenvalue weighted by Gasteiger charge is -2.11. The third-order valence-corrected chi connectivity index (χ3v) is 4.56. The lowest BCUT2D eigenvalue weighted by Crippen LogP contribution is -2.31. The minimum atomic E-state index is -0.210. The Kier molecular flexibility index (Phi) is 5.22. The number of aromatic nitrogens is 3. The van der Waals surface area contributed by atoms with E-state index in [0.717, 1.165) is 16.3 Å². The molecule has 2 aromatic heterocycles. The highest BCUT2D eigenvalue weighted by molar-refractivity contribution is 7.09. The zero-order valence-corrected chi connectivity index (χ0v) is 14.2. The van der Waals surface area contributed by atoms with Gasteiger partial charge >= 0.3 is 6.03 Å². The van der Waals surface area contributed by atoms with Gasteiger partial charge in [-0.15, -0.1) is 11.3 Å². The van der Waals surface area contributed by atoms with E-state index in [1.165, 1.54) is 0 Å². The normalized spacial score (nSPS) is 11.9. The van der Waals surface area contributed by atoms with Gasteiger partial charge in [-0.2, -0.15) is 5.10 Å². The van der Waals surface area contributed by atoms with Crippen LogP contribution in [0.2, 0.25) is 0 Å². The lowest BCUT2D eigenvalue weighted by molar-refractivity contribution is 0.251. The summed E-state index contributed by atoms with van der Waals surface area (Å²) in [7, 11) is 0. The average Bonchev–Trinajstić information content (AvgIpc) is 3.28. The Bertz CT molecular complexity index is 753. The van der Waals surface area contributed by atoms with Crippen LogP contribution in [0.25, 0.3) is 0 Å². The highest BCUT2D eigenvalue weighted by Crippen LogP contribution is 2.16. The Hall–Kier alpha value is -2.67. The Balaban J connectivity index is 1.47. The number of anilines is 1. The van der Waals surface area contributed by atoms with Crippen molar-refractivity contribution in [1.82, 2.24) is 20.1 Å². The van der Waals surface area contributed by atoms with Crippen LogP contribution in [0.5, 0.6) is 0 Å². The van der Waals surface area contributed by atoms with Crippen LogP contribution >= 0.6 is 11.3 Å². The molecule has 0 fully saturated rings.